The summed E-state index contributed by atoms with van der Waals surface area (Å²) in [4.78, 5) is 29.2. The number of nitrogens with two attached hydrogens (primary N) is 1. The Bertz CT molecular complexity index is 622. The largest absolute Gasteiger partial charge is 0.484 e. The predicted molar refractivity (Wildman–Crippen MR) is 99.6 cm³/mol. The van der Waals surface area contributed by atoms with Gasteiger partial charge in [-0.25, -0.2) is 0 Å². The third-order valence-electron chi connectivity index (χ3n) is 5.51. The van der Waals surface area contributed by atoms with E-state index in [0.717, 1.165) is 25.8 Å². The second-order valence-corrected chi connectivity index (χ2v) is 7.46. The second kappa shape index (κ2) is 8.54. The van der Waals surface area contributed by atoms with Crippen LogP contribution in [0.1, 0.15) is 26.2 Å². The van der Waals surface area contributed by atoms with Gasteiger partial charge in [-0.15, -0.1) is 0 Å². The summed E-state index contributed by atoms with van der Waals surface area (Å²) >= 11 is 0. The Hall–Kier alpha value is -2.08. The maximum Gasteiger partial charge on any atom is 0.260 e. The summed E-state index contributed by atoms with van der Waals surface area (Å²) in [6.07, 6.45) is 2.68. The monoisotopic (exact) mass is 359 g/mol. The van der Waals surface area contributed by atoms with Crippen molar-refractivity contribution in [1.29, 1.82) is 0 Å². The SMILES string of the molecule is CC1CC(CN)CN1C(=O)C1CCCN(C(=O)COc2ccccc2)C1. The lowest BCUT2D eigenvalue weighted by molar-refractivity contribution is -0.142. The molecule has 2 fully saturated rings. The maximum absolute atomic E-state index is 12.9. The number of nitrogens with zero attached hydrogens (tertiary/aromatic N) is 2. The van der Waals surface area contributed by atoms with Crippen molar-refractivity contribution in [1.82, 2.24) is 9.80 Å². The normalized spacial score (nSPS) is 26.0. The van der Waals surface area contributed by atoms with Crippen LogP contribution in [0.3, 0.4) is 0 Å². The zero-order valence-corrected chi connectivity index (χ0v) is 15.5. The number of likely N-dealkylation sites (tertiary alicyclic amines) is 2. The Morgan fingerprint density at radius 2 is 2.00 bits per heavy atom. The van der Waals surface area contributed by atoms with Crippen LogP contribution in [0.5, 0.6) is 5.75 Å². The molecule has 2 heterocycles. The van der Waals surface area contributed by atoms with Gasteiger partial charge >= 0.3 is 0 Å². The number of hydrogen-bond donors (Lipinski definition) is 1. The van der Waals surface area contributed by atoms with Crippen molar-refractivity contribution in [2.45, 2.75) is 32.2 Å². The molecule has 142 valence electrons. The molecule has 3 atom stereocenters. The highest BCUT2D eigenvalue weighted by molar-refractivity contribution is 5.82. The molecule has 3 rings (SSSR count). The molecule has 0 bridgehead atoms. The number of rotatable bonds is 5. The highest BCUT2D eigenvalue weighted by Crippen LogP contribution is 2.27. The minimum Gasteiger partial charge on any atom is -0.484 e. The predicted octanol–water partition coefficient (Wildman–Crippen LogP) is 1.50. The molecular weight excluding hydrogens is 330 g/mol. The molecule has 0 aliphatic carbocycles. The van der Waals surface area contributed by atoms with Crippen LogP contribution in [0.15, 0.2) is 30.3 Å². The van der Waals surface area contributed by atoms with E-state index in [2.05, 4.69) is 6.92 Å². The molecule has 2 amide bonds. The Balaban J connectivity index is 1.53. The van der Waals surface area contributed by atoms with E-state index in [9.17, 15) is 9.59 Å². The van der Waals surface area contributed by atoms with E-state index < -0.39 is 0 Å². The van der Waals surface area contributed by atoms with Crippen molar-refractivity contribution in [3.05, 3.63) is 30.3 Å². The van der Waals surface area contributed by atoms with Crippen molar-refractivity contribution in [3.8, 4) is 5.75 Å². The van der Waals surface area contributed by atoms with E-state index in [-0.39, 0.29) is 30.4 Å². The fourth-order valence-corrected chi connectivity index (χ4v) is 4.01. The van der Waals surface area contributed by atoms with E-state index in [1.165, 1.54) is 0 Å². The molecule has 1 aromatic rings. The highest BCUT2D eigenvalue weighted by atomic mass is 16.5. The number of amides is 2. The minimum atomic E-state index is -0.108. The van der Waals surface area contributed by atoms with Gasteiger partial charge in [0.2, 0.25) is 5.91 Å². The molecule has 26 heavy (non-hydrogen) atoms. The van der Waals surface area contributed by atoms with Crippen LogP contribution in [0, 0.1) is 11.8 Å². The molecule has 0 saturated carbocycles. The minimum absolute atomic E-state index is 0.0142. The van der Waals surface area contributed by atoms with Crippen molar-refractivity contribution in [3.63, 3.8) is 0 Å². The number of carbonyl (C=O) groups excluding carboxylic acids is 2. The van der Waals surface area contributed by atoms with E-state index in [0.29, 0.717) is 31.3 Å². The molecule has 0 spiro atoms. The molecular formula is C20H29N3O3. The molecule has 2 aliphatic heterocycles. The number of para-hydroxylation sites is 1. The number of carbonyl (C=O) groups is 2. The summed E-state index contributed by atoms with van der Waals surface area (Å²) in [5, 5.41) is 0. The number of ether oxygens (including phenoxy) is 1. The van der Waals surface area contributed by atoms with Crippen molar-refractivity contribution in [2.75, 3.05) is 32.8 Å². The second-order valence-electron chi connectivity index (χ2n) is 7.46. The summed E-state index contributed by atoms with van der Waals surface area (Å²) in [6.45, 7) is 4.67. The topological polar surface area (TPSA) is 75.9 Å². The molecule has 0 radical (unpaired) electrons. The van der Waals surface area contributed by atoms with Gasteiger partial charge in [-0.3, -0.25) is 9.59 Å². The summed E-state index contributed by atoms with van der Waals surface area (Å²) < 4.78 is 5.56. The fraction of sp³-hybridized carbons (Fsp3) is 0.600. The zero-order chi connectivity index (χ0) is 18.5. The first-order valence-corrected chi connectivity index (χ1v) is 9.54. The standard InChI is InChI=1S/C20H29N3O3/c1-15-10-16(11-21)12-23(15)20(25)17-6-5-9-22(13-17)19(24)14-26-18-7-3-2-4-8-18/h2-4,7-8,15-17H,5-6,9-14,21H2,1H3. The first kappa shape index (κ1) is 18.7. The van der Waals surface area contributed by atoms with Crippen molar-refractivity contribution in [2.24, 2.45) is 17.6 Å². The summed E-state index contributed by atoms with van der Waals surface area (Å²) in [5.41, 5.74) is 5.78. The summed E-state index contributed by atoms with van der Waals surface area (Å²) in [7, 11) is 0. The third kappa shape index (κ3) is 4.36. The lowest BCUT2D eigenvalue weighted by atomic mass is 9.96. The van der Waals surface area contributed by atoms with Crippen LogP contribution in [0.25, 0.3) is 0 Å². The van der Waals surface area contributed by atoms with Gasteiger partial charge in [0.15, 0.2) is 6.61 Å². The number of benzene rings is 1. The molecule has 6 nitrogen and oxygen atoms in total. The number of piperidine rings is 1. The molecule has 2 N–H and O–H groups in total. The van der Waals surface area contributed by atoms with Crippen molar-refractivity contribution < 1.29 is 14.3 Å². The molecule has 3 unspecified atom stereocenters. The Kier molecular flexibility index (Phi) is 6.14. The Labute approximate surface area is 155 Å². The lowest BCUT2D eigenvalue weighted by Gasteiger charge is -2.35. The summed E-state index contributed by atoms with van der Waals surface area (Å²) in [6, 6.07) is 9.56. The van der Waals surface area contributed by atoms with Gasteiger partial charge < -0.3 is 20.3 Å². The Morgan fingerprint density at radius 1 is 1.23 bits per heavy atom. The van der Waals surface area contributed by atoms with Crippen LogP contribution in [-0.4, -0.2) is 60.4 Å². The van der Waals surface area contributed by atoms with E-state index in [1.807, 2.05) is 35.2 Å². The maximum atomic E-state index is 12.9. The van der Waals surface area contributed by atoms with E-state index in [4.69, 9.17) is 10.5 Å². The van der Waals surface area contributed by atoms with Gasteiger partial charge in [-0.05, 0) is 50.8 Å². The van der Waals surface area contributed by atoms with E-state index in [1.54, 1.807) is 4.90 Å². The van der Waals surface area contributed by atoms with Gasteiger partial charge in [0.05, 0.1) is 5.92 Å². The van der Waals surface area contributed by atoms with E-state index >= 15 is 0 Å². The molecule has 6 heteroatoms. The van der Waals surface area contributed by atoms with Gasteiger partial charge in [0.1, 0.15) is 5.75 Å². The Morgan fingerprint density at radius 3 is 2.69 bits per heavy atom. The molecule has 2 aliphatic rings. The van der Waals surface area contributed by atoms with Crippen LogP contribution in [0.4, 0.5) is 0 Å². The van der Waals surface area contributed by atoms with Crippen LogP contribution >= 0.6 is 0 Å². The molecule has 0 aromatic heterocycles. The average molecular weight is 359 g/mol. The lowest BCUT2D eigenvalue weighted by Crippen LogP contribution is -2.48. The quantitative estimate of drug-likeness (QED) is 0.864. The molecule has 1 aromatic carbocycles. The number of hydrogen-bond acceptors (Lipinski definition) is 4. The average Bonchev–Trinajstić information content (AvgIpc) is 3.07. The zero-order valence-electron chi connectivity index (χ0n) is 15.5. The fourth-order valence-electron chi connectivity index (χ4n) is 4.01. The van der Waals surface area contributed by atoms with Crippen LogP contribution < -0.4 is 10.5 Å². The van der Waals surface area contributed by atoms with Crippen LogP contribution in [0.2, 0.25) is 0 Å². The van der Waals surface area contributed by atoms with Gasteiger partial charge in [-0.2, -0.15) is 0 Å². The van der Waals surface area contributed by atoms with Gasteiger partial charge in [0.25, 0.3) is 5.91 Å². The third-order valence-corrected chi connectivity index (χ3v) is 5.51. The van der Waals surface area contributed by atoms with Gasteiger partial charge in [0, 0.05) is 25.7 Å². The van der Waals surface area contributed by atoms with Gasteiger partial charge in [-0.1, -0.05) is 18.2 Å². The first-order valence-electron chi connectivity index (χ1n) is 9.54. The smallest absolute Gasteiger partial charge is 0.260 e. The first-order chi connectivity index (χ1) is 12.6. The molecule has 2 saturated heterocycles. The summed E-state index contributed by atoms with van der Waals surface area (Å²) in [5.74, 6) is 1.10. The van der Waals surface area contributed by atoms with Crippen molar-refractivity contribution >= 4 is 11.8 Å². The van der Waals surface area contributed by atoms with Crippen LogP contribution in [-0.2, 0) is 9.59 Å². The highest BCUT2D eigenvalue weighted by Gasteiger charge is 2.37.